The molecule has 0 aliphatic heterocycles. The summed E-state index contributed by atoms with van der Waals surface area (Å²) in [5.74, 6) is 0. The van der Waals surface area contributed by atoms with E-state index in [2.05, 4.69) is 231 Å². The first kappa shape index (κ1) is 35.0. The molecule has 2 aliphatic rings. The molecule has 2 heteroatoms. The van der Waals surface area contributed by atoms with Crippen molar-refractivity contribution in [3.63, 3.8) is 0 Å². The number of benzene rings is 9. The summed E-state index contributed by atoms with van der Waals surface area (Å²) in [4.78, 5) is 2.42. The number of fused-ring (bicyclic) bond motifs is 12. The Bertz CT molecular complexity index is 3250. The van der Waals surface area contributed by atoms with E-state index in [1.807, 2.05) is 11.3 Å². The molecular weight excluding hydrogens is 743 g/mol. The van der Waals surface area contributed by atoms with Gasteiger partial charge >= 0.3 is 0 Å². The van der Waals surface area contributed by atoms with Crippen LogP contribution in [0.1, 0.15) is 47.2 Å². The molecule has 1 heterocycles. The minimum atomic E-state index is -0.437. The van der Waals surface area contributed by atoms with Gasteiger partial charge in [-0.1, -0.05) is 172 Å². The Labute approximate surface area is 355 Å². The predicted molar refractivity (Wildman–Crippen MR) is 254 cm³/mol. The molecular formula is C58H41NS. The van der Waals surface area contributed by atoms with Crippen LogP contribution in [-0.2, 0) is 10.8 Å². The Kier molecular flexibility index (Phi) is 7.73. The van der Waals surface area contributed by atoms with Crippen molar-refractivity contribution < 1.29 is 0 Å². The number of nitrogens with zero attached hydrogens (tertiary/aromatic N) is 1. The van der Waals surface area contributed by atoms with Crippen LogP contribution in [0.3, 0.4) is 0 Å². The minimum Gasteiger partial charge on any atom is -0.310 e. The minimum absolute atomic E-state index is 0.136. The molecule has 0 saturated heterocycles. The van der Waals surface area contributed by atoms with Crippen molar-refractivity contribution >= 4 is 48.6 Å². The number of thiophene rings is 1. The maximum atomic E-state index is 2.50. The third-order valence-corrected chi connectivity index (χ3v) is 14.5. The molecule has 0 fully saturated rings. The van der Waals surface area contributed by atoms with E-state index >= 15 is 0 Å². The van der Waals surface area contributed by atoms with E-state index in [0.29, 0.717) is 0 Å². The van der Waals surface area contributed by atoms with Crippen molar-refractivity contribution in [2.75, 3.05) is 4.90 Å². The first-order valence-electron chi connectivity index (χ1n) is 20.9. The van der Waals surface area contributed by atoms with Crippen molar-refractivity contribution in [1.82, 2.24) is 0 Å². The highest BCUT2D eigenvalue weighted by molar-refractivity contribution is 7.25. The number of anilines is 3. The Morgan fingerprint density at radius 1 is 0.333 bits per heavy atom. The van der Waals surface area contributed by atoms with Crippen LogP contribution in [0.2, 0.25) is 0 Å². The molecule has 0 amide bonds. The van der Waals surface area contributed by atoms with Gasteiger partial charge < -0.3 is 4.90 Å². The Morgan fingerprint density at radius 2 is 0.867 bits per heavy atom. The van der Waals surface area contributed by atoms with Crippen molar-refractivity contribution in [3.8, 4) is 33.4 Å². The smallest absolute Gasteiger partial charge is 0.0719 e. The Balaban J connectivity index is 1.04. The van der Waals surface area contributed by atoms with Crippen LogP contribution in [0.15, 0.2) is 212 Å². The van der Waals surface area contributed by atoms with Gasteiger partial charge in [-0.25, -0.2) is 0 Å². The lowest BCUT2D eigenvalue weighted by Crippen LogP contribution is -2.40. The molecule has 284 valence electrons. The van der Waals surface area contributed by atoms with Crippen molar-refractivity contribution in [1.29, 1.82) is 0 Å². The van der Waals surface area contributed by atoms with Gasteiger partial charge in [-0.2, -0.15) is 0 Å². The third-order valence-electron chi connectivity index (χ3n) is 13.3. The van der Waals surface area contributed by atoms with Crippen LogP contribution < -0.4 is 4.90 Å². The fourth-order valence-corrected chi connectivity index (χ4v) is 11.7. The lowest BCUT2D eigenvalue weighted by Gasteiger charge is -2.46. The predicted octanol–water partition coefficient (Wildman–Crippen LogP) is 15.9. The standard InChI is InChI=1S/C58H41NS/c1-57(2)50-22-9-11-24-52(50)58(53-25-12-10-23-51(53)57)49-21-8-6-19-45(49)46-33-29-41(36-54(46)58)40-17-14-18-43(35-40)59(42-30-27-39(28-31-42)38-15-4-3-5-16-38)44-32-34-56-48(37-44)47-20-7-13-26-55(47)60-56/h3-37H,1-2H3. The third kappa shape index (κ3) is 5.04. The summed E-state index contributed by atoms with van der Waals surface area (Å²) in [6.07, 6.45) is 0. The quantitative estimate of drug-likeness (QED) is 0.168. The molecule has 1 aromatic heterocycles. The summed E-state index contributed by atoms with van der Waals surface area (Å²) in [6.45, 7) is 4.78. The van der Waals surface area contributed by atoms with Gasteiger partial charge in [0.25, 0.3) is 0 Å². The highest BCUT2D eigenvalue weighted by atomic mass is 32.1. The van der Waals surface area contributed by atoms with Gasteiger partial charge in [-0.3, -0.25) is 0 Å². The molecule has 0 atom stereocenters. The average Bonchev–Trinajstić information content (AvgIpc) is 3.82. The zero-order valence-corrected chi connectivity index (χ0v) is 34.4. The number of hydrogen-bond acceptors (Lipinski definition) is 2. The Morgan fingerprint density at radius 3 is 1.63 bits per heavy atom. The average molecular weight is 784 g/mol. The normalized spacial score (nSPS) is 14.1. The van der Waals surface area contributed by atoms with Crippen LogP contribution in [0.5, 0.6) is 0 Å². The lowest BCUT2D eigenvalue weighted by molar-refractivity contribution is 0.563. The second-order valence-electron chi connectivity index (χ2n) is 16.8. The zero-order chi connectivity index (χ0) is 40.0. The van der Waals surface area contributed by atoms with E-state index in [4.69, 9.17) is 0 Å². The van der Waals surface area contributed by atoms with Crippen LogP contribution >= 0.6 is 11.3 Å². The SMILES string of the molecule is CC1(C)c2ccccc2C2(c3ccccc3-c3ccc(-c4cccc(N(c5ccc(-c6ccccc6)cc5)c5ccc6sc7ccccc7c6c5)c4)cc32)c2ccccc21. The topological polar surface area (TPSA) is 3.24 Å². The maximum absolute atomic E-state index is 2.50. The molecule has 1 spiro atoms. The zero-order valence-electron chi connectivity index (χ0n) is 33.6. The second kappa shape index (κ2) is 13.3. The molecule has 9 aromatic carbocycles. The van der Waals surface area contributed by atoms with Gasteiger partial charge in [0.05, 0.1) is 5.41 Å². The van der Waals surface area contributed by atoms with Gasteiger partial charge in [0.1, 0.15) is 0 Å². The first-order chi connectivity index (χ1) is 29.5. The highest BCUT2D eigenvalue weighted by Crippen LogP contribution is 2.62. The summed E-state index contributed by atoms with van der Waals surface area (Å²) in [5, 5.41) is 2.59. The van der Waals surface area contributed by atoms with Gasteiger partial charge in [-0.15, -0.1) is 11.3 Å². The summed E-state index contributed by atoms with van der Waals surface area (Å²) in [6, 6.07) is 79.2. The van der Waals surface area contributed by atoms with Gasteiger partial charge in [0.2, 0.25) is 0 Å². The number of rotatable bonds is 5. The maximum Gasteiger partial charge on any atom is 0.0719 e. The number of hydrogen-bond donors (Lipinski definition) is 0. The lowest BCUT2D eigenvalue weighted by atomic mass is 9.55. The highest BCUT2D eigenvalue weighted by Gasteiger charge is 2.53. The van der Waals surface area contributed by atoms with E-state index in [9.17, 15) is 0 Å². The van der Waals surface area contributed by atoms with Crippen LogP contribution in [0, 0.1) is 0 Å². The van der Waals surface area contributed by atoms with Crippen LogP contribution in [-0.4, -0.2) is 0 Å². The molecule has 0 bridgehead atoms. The van der Waals surface area contributed by atoms with Gasteiger partial charge in [0, 0.05) is 42.6 Å². The fourth-order valence-electron chi connectivity index (χ4n) is 10.6. The molecule has 1 nitrogen and oxygen atoms in total. The van der Waals surface area contributed by atoms with E-state index in [1.54, 1.807) is 0 Å². The molecule has 12 rings (SSSR count). The summed E-state index contributed by atoms with van der Waals surface area (Å²) < 4.78 is 2.61. The fraction of sp³-hybridized carbons (Fsp3) is 0.0690. The summed E-state index contributed by atoms with van der Waals surface area (Å²) in [5.41, 5.74) is 18.5. The molecule has 2 aliphatic carbocycles. The largest absolute Gasteiger partial charge is 0.310 e. The molecule has 0 saturated carbocycles. The molecule has 0 radical (unpaired) electrons. The molecule has 60 heavy (non-hydrogen) atoms. The van der Waals surface area contributed by atoms with Gasteiger partial charge in [0.15, 0.2) is 0 Å². The molecule has 10 aromatic rings. The van der Waals surface area contributed by atoms with Gasteiger partial charge in [-0.05, 0) is 121 Å². The summed E-state index contributed by atoms with van der Waals surface area (Å²) in [7, 11) is 0. The van der Waals surface area contributed by atoms with E-state index < -0.39 is 5.41 Å². The summed E-state index contributed by atoms with van der Waals surface area (Å²) >= 11 is 1.86. The second-order valence-corrected chi connectivity index (χ2v) is 17.9. The Hall–Kier alpha value is -7.00. The molecule has 0 N–H and O–H groups in total. The van der Waals surface area contributed by atoms with Crippen molar-refractivity contribution in [2.45, 2.75) is 24.7 Å². The van der Waals surface area contributed by atoms with E-state index in [1.165, 1.54) is 86.9 Å². The van der Waals surface area contributed by atoms with Crippen LogP contribution in [0.25, 0.3) is 53.6 Å². The van der Waals surface area contributed by atoms with Crippen molar-refractivity contribution in [2.24, 2.45) is 0 Å². The molecule has 0 unspecified atom stereocenters. The van der Waals surface area contributed by atoms with Crippen LogP contribution in [0.4, 0.5) is 17.1 Å². The van der Waals surface area contributed by atoms with Crippen molar-refractivity contribution in [3.05, 3.63) is 246 Å². The van der Waals surface area contributed by atoms with E-state index in [0.717, 1.165) is 17.1 Å². The first-order valence-corrected chi connectivity index (χ1v) is 21.7. The monoisotopic (exact) mass is 783 g/mol. The van der Waals surface area contributed by atoms with E-state index in [-0.39, 0.29) is 5.41 Å².